The molecule has 4 heteroatoms. The van der Waals surface area contributed by atoms with Crippen molar-refractivity contribution in [2.75, 3.05) is 13.2 Å². The molecule has 0 bridgehead atoms. The first-order chi connectivity index (χ1) is 7.25. The molecule has 2 heterocycles. The van der Waals surface area contributed by atoms with E-state index in [1.54, 1.807) is 17.8 Å². The molecule has 1 aromatic heterocycles. The van der Waals surface area contributed by atoms with E-state index >= 15 is 0 Å². The Balaban J connectivity index is 1.94. The highest BCUT2D eigenvalue weighted by Crippen LogP contribution is 2.30. The molecule has 1 aromatic rings. The van der Waals surface area contributed by atoms with Crippen molar-refractivity contribution in [1.82, 2.24) is 0 Å². The summed E-state index contributed by atoms with van der Waals surface area (Å²) in [5.74, 6) is 0.429. The Morgan fingerprint density at radius 3 is 2.73 bits per heavy atom. The molecular weight excluding hydrogens is 212 g/mol. The van der Waals surface area contributed by atoms with Crippen molar-refractivity contribution in [2.45, 2.75) is 30.1 Å². The van der Waals surface area contributed by atoms with Crippen LogP contribution in [0.15, 0.2) is 21.6 Å². The number of rotatable bonds is 3. The van der Waals surface area contributed by atoms with Crippen molar-refractivity contribution in [3.63, 3.8) is 0 Å². The van der Waals surface area contributed by atoms with Crippen LogP contribution in [0.4, 0.5) is 0 Å². The van der Waals surface area contributed by atoms with Crippen LogP contribution in [0.1, 0.15) is 30.3 Å². The molecule has 1 aliphatic rings. The Morgan fingerprint density at radius 1 is 1.40 bits per heavy atom. The SMILES string of the molecule is CC(=O)c1ccc(SC2CCOCC2)o1. The fourth-order valence-electron chi connectivity index (χ4n) is 1.53. The van der Waals surface area contributed by atoms with E-state index in [0.717, 1.165) is 31.1 Å². The molecule has 0 amide bonds. The van der Waals surface area contributed by atoms with Gasteiger partial charge in [0.25, 0.3) is 0 Å². The van der Waals surface area contributed by atoms with E-state index in [2.05, 4.69) is 0 Å². The van der Waals surface area contributed by atoms with Crippen molar-refractivity contribution in [3.05, 3.63) is 17.9 Å². The highest BCUT2D eigenvalue weighted by Gasteiger charge is 2.17. The summed E-state index contributed by atoms with van der Waals surface area (Å²) < 4.78 is 10.7. The molecule has 0 saturated carbocycles. The number of carbonyl (C=O) groups is 1. The molecule has 1 fully saturated rings. The van der Waals surface area contributed by atoms with Crippen LogP contribution in [0, 0.1) is 0 Å². The molecule has 3 nitrogen and oxygen atoms in total. The summed E-state index contributed by atoms with van der Waals surface area (Å²) in [6.07, 6.45) is 2.11. The monoisotopic (exact) mass is 226 g/mol. The molecule has 1 aliphatic heterocycles. The molecule has 0 radical (unpaired) electrons. The third kappa shape index (κ3) is 2.86. The molecule has 2 rings (SSSR count). The number of hydrogen-bond acceptors (Lipinski definition) is 4. The Morgan fingerprint density at radius 2 is 2.13 bits per heavy atom. The van der Waals surface area contributed by atoms with E-state index < -0.39 is 0 Å². The van der Waals surface area contributed by atoms with E-state index in [4.69, 9.17) is 9.15 Å². The number of furan rings is 1. The van der Waals surface area contributed by atoms with Crippen LogP contribution in [0.3, 0.4) is 0 Å². The second-order valence-corrected chi connectivity index (χ2v) is 4.91. The smallest absolute Gasteiger partial charge is 0.194 e. The van der Waals surface area contributed by atoms with Gasteiger partial charge in [-0.05, 0) is 25.0 Å². The van der Waals surface area contributed by atoms with Gasteiger partial charge in [-0.2, -0.15) is 0 Å². The maximum absolute atomic E-state index is 11.0. The van der Waals surface area contributed by atoms with Crippen molar-refractivity contribution >= 4 is 17.5 Å². The van der Waals surface area contributed by atoms with Crippen LogP contribution >= 0.6 is 11.8 Å². The Labute approximate surface area is 93.2 Å². The molecule has 1 saturated heterocycles. The number of carbonyl (C=O) groups excluding carboxylic acids is 1. The topological polar surface area (TPSA) is 39.4 Å². The average molecular weight is 226 g/mol. The van der Waals surface area contributed by atoms with Gasteiger partial charge in [-0.1, -0.05) is 11.8 Å². The Hall–Kier alpha value is -0.740. The predicted octanol–water partition coefficient (Wildman–Crippen LogP) is 2.75. The molecule has 0 unspecified atom stereocenters. The number of ether oxygens (including phenoxy) is 1. The molecule has 82 valence electrons. The maximum atomic E-state index is 11.0. The van der Waals surface area contributed by atoms with Crippen LogP contribution in [-0.4, -0.2) is 24.2 Å². The summed E-state index contributed by atoms with van der Waals surface area (Å²) in [5.41, 5.74) is 0. The van der Waals surface area contributed by atoms with Crippen LogP contribution < -0.4 is 0 Å². The van der Waals surface area contributed by atoms with E-state index in [9.17, 15) is 4.79 Å². The van der Waals surface area contributed by atoms with Crippen molar-refractivity contribution < 1.29 is 13.9 Å². The van der Waals surface area contributed by atoms with Crippen LogP contribution in [0.2, 0.25) is 0 Å². The standard InChI is InChI=1S/C11H14O3S/c1-8(12)10-2-3-11(14-10)15-9-4-6-13-7-5-9/h2-3,9H,4-7H2,1H3. The van der Waals surface area contributed by atoms with Gasteiger partial charge in [0, 0.05) is 25.4 Å². The first-order valence-electron chi connectivity index (χ1n) is 5.11. The lowest BCUT2D eigenvalue weighted by Crippen LogP contribution is -2.17. The van der Waals surface area contributed by atoms with Crippen LogP contribution in [-0.2, 0) is 4.74 Å². The molecule has 0 aromatic carbocycles. The summed E-state index contributed by atoms with van der Waals surface area (Å²) in [6, 6.07) is 3.61. The van der Waals surface area contributed by atoms with Gasteiger partial charge in [0.05, 0.1) is 0 Å². The molecule has 0 N–H and O–H groups in total. The predicted molar refractivity (Wildman–Crippen MR) is 58.4 cm³/mol. The molecule has 0 spiro atoms. The number of hydrogen-bond donors (Lipinski definition) is 0. The van der Waals surface area contributed by atoms with Crippen molar-refractivity contribution in [2.24, 2.45) is 0 Å². The number of thioether (sulfide) groups is 1. The Kier molecular flexibility index (Phi) is 3.49. The van der Waals surface area contributed by atoms with Gasteiger partial charge in [-0.3, -0.25) is 4.79 Å². The zero-order valence-corrected chi connectivity index (χ0v) is 9.51. The molecule has 15 heavy (non-hydrogen) atoms. The summed E-state index contributed by atoms with van der Waals surface area (Å²) in [6.45, 7) is 3.18. The minimum absolute atomic E-state index is 0.0196. The van der Waals surface area contributed by atoms with Gasteiger partial charge in [-0.25, -0.2) is 0 Å². The fraction of sp³-hybridized carbons (Fsp3) is 0.545. The first kappa shape index (κ1) is 10.8. The molecular formula is C11H14O3S. The first-order valence-corrected chi connectivity index (χ1v) is 5.99. The third-order valence-corrected chi connectivity index (χ3v) is 3.64. The quantitative estimate of drug-likeness (QED) is 0.743. The van der Waals surface area contributed by atoms with E-state index in [0.29, 0.717) is 11.0 Å². The number of Topliss-reactive ketones (excluding diaryl/α,β-unsaturated/α-hetero) is 1. The number of ketones is 1. The minimum atomic E-state index is -0.0196. The third-order valence-electron chi connectivity index (χ3n) is 2.38. The van der Waals surface area contributed by atoms with Gasteiger partial charge >= 0.3 is 0 Å². The average Bonchev–Trinajstić information content (AvgIpc) is 2.68. The second-order valence-electron chi connectivity index (χ2n) is 3.60. The fourth-order valence-corrected chi connectivity index (χ4v) is 2.57. The lowest BCUT2D eigenvalue weighted by molar-refractivity contribution is 0.0977. The molecule has 0 aliphatic carbocycles. The maximum Gasteiger partial charge on any atom is 0.194 e. The largest absolute Gasteiger partial charge is 0.447 e. The Bertz CT molecular complexity index is 339. The van der Waals surface area contributed by atoms with Crippen LogP contribution in [0.25, 0.3) is 0 Å². The van der Waals surface area contributed by atoms with Gasteiger partial charge in [-0.15, -0.1) is 0 Å². The summed E-state index contributed by atoms with van der Waals surface area (Å²) in [7, 11) is 0. The van der Waals surface area contributed by atoms with Crippen molar-refractivity contribution in [3.8, 4) is 0 Å². The highest BCUT2D eigenvalue weighted by molar-refractivity contribution is 7.99. The second kappa shape index (κ2) is 4.86. The zero-order chi connectivity index (χ0) is 10.7. The zero-order valence-electron chi connectivity index (χ0n) is 8.69. The van der Waals surface area contributed by atoms with Gasteiger partial charge in [0.15, 0.2) is 16.6 Å². The minimum Gasteiger partial charge on any atom is -0.447 e. The van der Waals surface area contributed by atoms with E-state index in [-0.39, 0.29) is 5.78 Å². The lowest BCUT2D eigenvalue weighted by atomic mass is 10.2. The van der Waals surface area contributed by atoms with Gasteiger partial charge in [0.1, 0.15) is 0 Å². The van der Waals surface area contributed by atoms with E-state index in [1.807, 2.05) is 6.07 Å². The highest BCUT2D eigenvalue weighted by atomic mass is 32.2. The van der Waals surface area contributed by atoms with E-state index in [1.165, 1.54) is 6.92 Å². The van der Waals surface area contributed by atoms with Gasteiger partial charge < -0.3 is 9.15 Å². The lowest BCUT2D eigenvalue weighted by Gasteiger charge is -2.20. The molecule has 0 atom stereocenters. The van der Waals surface area contributed by atoms with Gasteiger partial charge in [0.2, 0.25) is 0 Å². The summed E-state index contributed by atoms with van der Waals surface area (Å²) >= 11 is 1.70. The summed E-state index contributed by atoms with van der Waals surface area (Å²) in [4.78, 5) is 11.0. The van der Waals surface area contributed by atoms with Crippen molar-refractivity contribution in [1.29, 1.82) is 0 Å². The van der Waals surface area contributed by atoms with Crippen LogP contribution in [0.5, 0.6) is 0 Å². The summed E-state index contributed by atoms with van der Waals surface area (Å²) in [5, 5.41) is 1.40. The normalized spacial score (nSPS) is 17.9.